The molecule has 1 fully saturated rings. The molecule has 1 unspecified atom stereocenters. The van der Waals surface area contributed by atoms with E-state index >= 15 is 0 Å². The molecule has 0 saturated carbocycles. The molecule has 2 aromatic rings. The minimum absolute atomic E-state index is 0.478. The first-order valence-electron chi connectivity index (χ1n) is 6.85. The maximum Gasteiger partial charge on any atom is 0.263 e. The largest absolute Gasteiger partial charge is 0.352 e. The number of rotatable bonds is 3. The summed E-state index contributed by atoms with van der Waals surface area (Å²) in [5.41, 5.74) is 1.43. The van der Waals surface area contributed by atoms with Gasteiger partial charge in [0.05, 0.1) is 5.69 Å². The molecule has 0 radical (unpaired) electrons. The Hall–Kier alpha value is -1.69. The van der Waals surface area contributed by atoms with Gasteiger partial charge in [-0.05, 0) is 33.2 Å². The van der Waals surface area contributed by atoms with Crippen LogP contribution in [0.2, 0.25) is 0 Å². The van der Waals surface area contributed by atoms with Crippen LogP contribution in [0.25, 0.3) is 11.1 Å². The Labute approximate surface area is 112 Å². The quantitative estimate of drug-likeness (QED) is 0.903. The summed E-state index contributed by atoms with van der Waals surface area (Å²) in [5.74, 6) is 0.944. The third-order valence-corrected chi connectivity index (χ3v) is 3.75. The molecule has 1 atom stereocenters. The van der Waals surface area contributed by atoms with Crippen LogP contribution in [-0.4, -0.2) is 40.8 Å². The van der Waals surface area contributed by atoms with Crippen molar-refractivity contribution < 1.29 is 4.52 Å². The predicted molar refractivity (Wildman–Crippen MR) is 73.2 cm³/mol. The Morgan fingerprint density at radius 3 is 3.11 bits per heavy atom. The van der Waals surface area contributed by atoms with Gasteiger partial charge in [-0.2, -0.15) is 4.98 Å². The van der Waals surface area contributed by atoms with Crippen LogP contribution in [0.1, 0.15) is 25.5 Å². The number of likely N-dealkylation sites (N-methyl/N-ethyl adjacent to an activating group) is 1. The summed E-state index contributed by atoms with van der Waals surface area (Å²) < 4.78 is 5.23. The number of anilines is 1. The van der Waals surface area contributed by atoms with Gasteiger partial charge < -0.3 is 14.7 Å². The molecule has 3 rings (SSSR count). The molecule has 0 amide bonds. The molecule has 1 aliphatic rings. The lowest BCUT2D eigenvalue weighted by atomic mass is 10.1. The summed E-state index contributed by atoms with van der Waals surface area (Å²) >= 11 is 0. The third kappa shape index (κ3) is 2.16. The summed E-state index contributed by atoms with van der Waals surface area (Å²) in [4.78, 5) is 10.9. The van der Waals surface area contributed by atoms with E-state index in [0.717, 1.165) is 36.5 Å². The molecular weight excluding hydrogens is 242 g/mol. The van der Waals surface area contributed by atoms with Gasteiger partial charge in [-0.15, -0.1) is 0 Å². The zero-order valence-corrected chi connectivity index (χ0v) is 11.4. The van der Waals surface area contributed by atoms with Crippen LogP contribution < -0.4 is 10.2 Å². The molecule has 19 heavy (non-hydrogen) atoms. The summed E-state index contributed by atoms with van der Waals surface area (Å²) in [5, 5.41) is 8.39. The van der Waals surface area contributed by atoms with Gasteiger partial charge >= 0.3 is 0 Å². The number of aromatic nitrogens is 3. The van der Waals surface area contributed by atoms with Crippen LogP contribution in [0.5, 0.6) is 0 Å². The predicted octanol–water partition coefficient (Wildman–Crippen LogP) is 1.50. The number of piperidine rings is 1. The number of fused-ring (bicyclic) bond motifs is 1. The lowest BCUT2D eigenvalue weighted by molar-refractivity contribution is 0.433. The summed E-state index contributed by atoms with van der Waals surface area (Å²) in [6, 6.07) is 0.478. The van der Waals surface area contributed by atoms with Crippen LogP contribution in [0, 0.1) is 6.92 Å². The lowest BCUT2D eigenvalue weighted by Gasteiger charge is -2.34. The van der Waals surface area contributed by atoms with Crippen molar-refractivity contribution in [2.45, 2.75) is 32.7 Å². The standard InChI is InChI=1S/C13H19N5O/c1-3-18(10-5-4-6-14-7-10)12-11-9(2)17-19-13(11)16-8-15-12/h8,10,14H,3-7H2,1-2H3. The molecule has 6 nitrogen and oxygen atoms in total. The minimum atomic E-state index is 0.478. The Balaban J connectivity index is 2.02. The zero-order chi connectivity index (χ0) is 13.2. The highest BCUT2D eigenvalue weighted by Crippen LogP contribution is 2.28. The van der Waals surface area contributed by atoms with Gasteiger partial charge in [0, 0.05) is 19.1 Å². The van der Waals surface area contributed by atoms with E-state index in [1.54, 1.807) is 6.33 Å². The smallest absolute Gasteiger partial charge is 0.263 e. The fourth-order valence-electron chi connectivity index (χ4n) is 2.80. The van der Waals surface area contributed by atoms with Crippen molar-refractivity contribution in [2.75, 3.05) is 24.5 Å². The summed E-state index contributed by atoms with van der Waals surface area (Å²) in [6.07, 6.45) is 3.95. The van der Waals surface area contributed by atoms with Crippen LogP contribution in [0.15, 0.2) is 10.9 Å². The zero-order valence-electron chi connectivity index (χ0n) is 11.4. The monoisotopic (exact) mass is 261 g/mol. The second-order valence-electron chi connectivity index (χ2n) is 4.93. The normalized spacial score (nSPS) is 19.8. The van der Waals surface area contributed by atoms with E-state index in [1.165, 1.54) is 12.8 Å². The van der Waals surface area contributed by atoms with Crippen LogP contribution in [0.4, 0.5) is 5.82 Å². The maximum absolute atomic E-state index is 5.23. The molecule has 0 bridgehead atoms. The molecule has 2 aromatic heterocycles. The van der Waals surface area contributed by atoms with Crippen molar-refractivity contribution in [1.29, 1.82) is 0 Å². The second-order valence-corrected chi connectivity index (χ2v) is 4.93. The molecule has 1 aliphatic heterocycles. The Kier molecular flexibility index (Phi) is 3.33. The summed E-state index contributed by atoms with van der Waals surface area (Å²) in [7, 11) is 0. The van der Waals surface area contributed by atoms with E-state index < -0.39 is 0 Å². The van der Waals surface area contributed by atoms with E-state index in [9.17, 15) is 0 Å². The van der Waals surface area contributed by atoms with Crippen molar-refractivity contribution in [3.05, 3.63) is 12.0 Å². The minimum Gasteiger partial charge on any atom is -0.352 e. The average molecular weight is 261 g/mol. The van der Waals surface area contributed by atoms with Crippen LogP contribution >= 0.6 is 0 Å². The molecule has 1 saturated heterocycles. The van der Waals surface area contributed by atoms with E-state index in [0.29, 0.717) is 11.8 Å². The molecule has 0 spiro atoms. The topological polar surface area (TPSA) is 67.1 Å². The first-order chi connectivity index (χ1) is 9.31. The molecule has 0 aromatic carbocycles. The van der Waals surface area contributed by atoms with Crippen molar-refractivity contribution in [2.24, 2.45) is 0 Å². The number of hydrogen-bond acceptors (Lipinski definition) is 6. The van der Waals surface area contributed by atoms with E-state index in [-0.39, 0.29) is 0 Å². The fraction of sp³-hybridized carbons (Fsp3) is 0.615. The van der Waals surface area contributed by atoms with Crippen molar-refractivity contribution in [1.82, 2.24) is 20.4 Å². The van der Waals surface area contributed by atoms with Gasteiger partial charge in [-0.3, -0.25) is 0 Å². The number of nitrogens with zero attached hydrogens (tertiary/aromatic N) is 4. The van der Waals surface area contributed by atoms with Crippen molar-refractivity contribution in [3.63, 3.8) is 0 Å². The molecule has 1 N–H and O–H groups in total. The van der Waals surface area contributed by atoms with Gasteiger partial charge in [-0.25, -0.2) is 4.98 Å². The highest BCUT2D eigenvalue weighted by atomic mass is 16.5. The third-order valence-electron chi connectivity index (χ3n) is 3.75. The Bertz CT molecular complexity index is 561. The van der Waals surface area contributed by atoms with E-state index in [1.807, 2.05) is 6.92 Å². The van der Waals surface area contributed by atoms with Gasteiger partial charge in [0.1, 0.15) is 17.5 Å². The highest BCUT2D eigenvalue weighted by Gasteiger charge is 2.24. The lowest BCUT2D eigenvalue weighted by Crippen LogP contribution is -2.46. The molecule has 102 valence electrons. The average Bonchev–Trinajstić information content (AvgIpc) is 2.84. The maximum atomic E-state index is 5.23. The Morgan fingerprint density at radius 1 is 1.47 bits per heavy atom. The first kappa shape index (κ1) is 12.3. The van der Waals surface area contributed by atoms with Crippen LogP contribution in [0.3, 0.4) is 0 Å². The number of hydrogen-bond donors (Lipinski definition) is 1. The second kappa shape index (κ2) is 5.13. The van der Waals surface area contributed by atoms with Crippen LogP contribution in [-0.2, 0) is 0 Å². The Morgan fingerprint density at radius 2 is 2.37 bits per heavy atom. The van der Waals surface area contributed by atoms with E-state index in [2.05, 4.69) is 32.3 Å². The first-order valence-corrected chi connectivity index (χ1v) is 6.85. The van der Waals surface area contributed by atoms with Gasteiger partial charge in [-0.1, -0.05) is 5.16 Å². The molecule has 6 heteroatoms. The fourth-order valence-corrected chi connectivity index (χ4v) is 2.80. The number of aryl methyl sites for hydroxylation is 1. The van der Waals surface area contributed by atoms with Gasteiger partial charge in [0.2, 0.25) is 0 Å². The van der Waals surface area contributed by atoms with Gasteiger partial charge in [0.25, 0.3) is 5.71 Å². The van der Waals surface area contributed by atoms with Gasteiger partial charge in [0.15, 0.2) is 0 Å². The number of nitrogens with one attached hydrogen (secondary N) is 1. The van der Waals surface area contributed by atoms with E-state index in [4.69, 9.17) is 4.52 Å². The molecule has 3 heterocycles. The van der Waals surface area contributed by atoms with Crippen molar-refractivity contribution in [3.8, 4) is 0 Å². The molecule has 0 aliphatic carbocycles. The SMILES string of the molecule is CCN(c1ncnc2onc(C)c12)C1CCCNC1. The highest BCUT2D eigenvalue weighted by molar-refractivity contribution is 5.87. The van der Waals surface area contributed by atoms with Crippen molar-refractivity contribution >= 4 is 16.9 Å². The summed E-state index contributed by atoms with van der Waals surface area (Å²) in [6.45, 7) is 7.13. The molecular formula is C13H19N5O.